The third kappa shape index (κ3) is 3.54. The third-order valence-electron chi connectivity index (χ3n) is 9.21. The second-order valence-electron chi connectivity index (χ2n) is 12.4. The summed E-state index contributed by atoms with van der Waals surface area (Å²) in [5, 5.41) is 0. The average molecular weight is 543 g/mol. The zero-order valence-electron chi connectivity index (χ0n) is 24.2. The van der Waals surface area contributed by atoms with Crippen LogP contribution in [0, 0.1) is 0 Å². The second-order valence-corrected chi connectivity index (χ2v) is 12.4. The first-order valence-electron chi connectivity index (χ1n) is 14.5. The number of fused-ring (bicyclic) bond motifs is 6. The second kappa shape index (κ2) is 8.77. The van der Waals surface area contributed by atoms with Gasteiger partial charge in [0.15, 0.2) is 0 Å². The van der Waals surface area contributed by atoms with E-state index in [-0.39, 0.29) is 10.8 Å². The molecule has 2 aliphatic rings. The third-order valence-corrected chi connectivity index (χ3v) is 9.21. The molecular weight excluding hydrogens is 512 g/mol. The minimum Gasteiger partial charge on any atom is -0.256 e. The number of pyridine rings is 4. The molecule has 4 heteroatoms. The van der Waals surface area contributed by atoms with Gasteiger partial charge in [-0.3, -0.25) is 9.97 Å². The molecule has 0 saturated carbocycles. The van der Waals surface area contributed by atoms with Gasteiger partial charge < -0.3 is 0 Å². The number of hydrogen-bond acceptors (Lipinski definition) is 4. The van der Waals surface area contributed by atoms with Crippen LogP contribution in [0.25, 0.3) is 56.4 Å². The predicted octanol–water partition coefficient (Wildman–Crippen LogP) is 8.88. The topological polar surface area (TPSA) is 51.6 Å². The van der Waals surface area contributed by atoms with Gasteiger partial charge in [-0.1, -0.05) is 76.2 Å². The molecule has 2 aliphatic carbocycles. The van der Waals surface area contributed by atoms with Gasteiger partial charge in [-0.2, -0.15) is 0 Å². The lowest BCUT2D eigenvalue weighted by molar-refractivity contribution is 0.659. The summed E-state index contributed by atoms with van der Waals surface area (Å²) >= 11 is 0. The molecule has 0 aliphatic heterocycles. The van der Waals surface area contributed by atoms with Crippen molar-refractivity contribution in [3.63, 3.8) is 0 Å². The molecule has 0 amide bonds. The fourth-order valence-electron chi connectivity index (χ4n) is 6.90. The molecule has 4 aromatic heterocycles. The first kappa shape index (κ1) is 24.8. The van der Waals surface area contributed by atoms with Gasteiger partial charge in [0, 0.05) is 45.5 Å². The molecule has 0 saturated heterocycles. The van der Waals surface area contributed by atoms with Gasteiger partial charge in [-0.05, 0) is 70.8 Å². The van der Waals surface area contributed by atoms with Crippen LogP contribution >= 0.6 is 0 Å². The van der Waals surface area contributed by atoms with Gasteiger partial charge in [-0.25, -0.2) is 9.97 Å². The van der Waals surface area contributed by atoms with E-state index in [4.69, 9.17) is 19.9 Å². The predicted molar refractivity (Wildman–Crippen MR) is 169 cm³/mol. The lowest BCUT2D eigenvalue weighted by Gasteiger charge is -2.21. The highest BCUT2D eigenvalue weighted by molar-refractivity contribution is 5.83. The molecule has 4 nitrogen and oxygen atoms in total. The Labute approximate surface area is 246 Å². The van der Waals surface area contributed by atoms with Gasteiger partial charge in [0.25, 0.3) is 0 Å². The molecule has 0 fully saturated rings. The number of rotatable bonds is 3. The van der Waals surface area contributed by atoms with E-state index in [1.165, 1.54) is 33.4 Å². The maximum Gasteiger partial charge on any atom is 0.0893 e. The van der Waals surface area contributed by atoms with E-state index in [9.17, 15) is 0 Å². The van der Waals surface area contributed by atoms with Crippen molar-refractivity contribution in [2.45, 2.75) is 38.5 Å². The summed E-state index contributed by atoms with van der Waals surface area (Å²) in [5.41, 5.74) is 15.2. The summed E-state index contributed by atoms with van der Waals surface area (Å²) in [5.74, 6) is 0. The lowest BCUT2D eigenvalue weighted by Crippen LogP contribution is -2.14. The van der Waals surface area contributed by atoms with E-state index < -0.39 is 0 Å². The van der Waals surface area contributed by atoms with Crippen molar-refractivity contribution in [1.82, 2.24) is 19.9 Å². The van der Waals surface area contributed by atoms with Crippen molar-refractivity contribution in [3.05, 3.63) is 132 Å². The molecule has 202 valence electrons. The van der Waals surface area contributed by atoms with E-state index >= 15 is 0 Å². The first-order valence-corrected chi connectivity index (χ1v) is 14.5. The quantitative estimate of drug-likeness (QED) is 0.224. The summed E-state index contributed by atoms with van der Waals surface area (Å²) in [6.07, 6.45) is 3.76. The van der Waals surface area contributed by atoms with Gasteiger partial charge in [0.1, 0.15) is 0 Å². The van der Waals surface area contributed by atoms with Crippen LogP contribution in [0.2, 0.25) is 0 Å². The Morgan fingerprint density at radius 3 is 1.31 bits per heavy atom. The molecule has 0 N–H and O–H groups in total. The molecule has 0 bridgehead atoms. The number of hydrogen-bond donors (Lipinski definition) is 0. The molecule has 0 radical (unpaired) electrons. The summed E-state index contributed by atoms with van der Waals surface area (Å²) < 4.78 is 0. The van der Waals surface area contributed by atoms with Crippen LogP contribution in [0.15, 0.2) is 109 Å². The molecule has 0 atom stereocenters. The summed E-state index contributed by atoms with van der Waals surface area (Å²) in [6, 6.07) is 34.1. The monoisotopic (exact) mass is 542 g/mol. The van der Waals surface area contributed by atoms with Crippen molar-refractivity contribution < 1.29 is 0 Å². The molecule has 0 spiro atoms. The standard InChI is InChI=1S/C38H30N4/c1-37(2)27-17-15-23(21-25(27)35-29(37)9-7-19-39-35)31-11-5-13-33(41-31)34-14-6-12-32(42-34)24-16-18-28-26(22-24)36-30(38(28,3)4)10-8-20-40-36/h5-22H,1-4H3. The Kier molecular flexibility index (Phi) is 5.18. The molecule has 2 aromatic carbocycles. The SMILES string of the molecule is CC1(C)c2ccc(-c3cccc(-c4cccc(-c5ccc6c(c5)-c5ncccc5C6(C)C)n4)n3)cc2-c2ncccc21. The van der Waals surface area contributed by atoms with E-state index in [2.05, 4.69) is 100 Å². The fourth-order valence-corrected chi connectivity index (χ4v) is 6.90. The van der Waals surface area contributed by atoms with Gasteiger partial charge in [0.2, 0.25) is 0 Å². The highest BCUT2D eigenvalue weighted by Gasteiger charge is 2.37. The van der Waals surface area contributed by atoms with E-state index in [1.807, 2.05) is 36.7 Å². The zero-order valence-corrected chi connectivity index (χ0v) is 24.2. The van der Waals surface area contributed by atoms with Crippen molar-refractivity contribution in [2.24, 2.45) is 0 Å². The Morgan fingerprint density at radius 2 is 0.857 bits per heavy atom. The summed E-state index contributed by atoms with van der Waals surface area (Å²) in [4.78, 5) is 19.6. The summed E-state index contributed by atoms with van der Waals surface area (Å²) in [7, 11) is 0. The highest BCUT2D eigenvalue weighted by atomic mass is 14.8. The molecule has 4 heterocycles. The molecular formula is C38H30N4. The Bertz CT molecular complexity index is 1900. The maximum absolute atomic E-state index is 5.08. The smallest absolute Gasteiger partial charge is 0.0893 e. The minimum atomic E-state index is -0.0669. The van der Waals surface area contributed by atoms with Crippen LogP contribution in [0.1, 0.15) is 49.9 Å². The van der Waals surface area contributed by atoms with Gasteiger partial charge in [0.05, 0.1) is 34.2 Å². The highest BCUT2D eigenvalue weighted by Crippen LogP contribution is 2.49. The van der Waals surface area contributed by atoms with Crippen LogP contribution < -0.4 is 0 Å². The van der Waals surface area contributed by atoms with Crippen LogP contribution in [0.5, 0.6) is 0 Å². The Morgan fingerprint density at radius 1 is 0.429 bits per heavy atom. The first-order chi connectivity index (χ1) is 20.3. The normalized spacial score (nSPS) is 15.0. The minimum absolute atomic E-state index is 0.0669. The molecule has 8 rings (SSSR count). The van der Waals surface area contributed by atoms with Crippen LogP contribution in [0.3, 0.4) is 0 Å². The van der Waals surface area contributed by atoms with Crippen LogP contribution in [-0.4, -0.2) is 19.9 Å². The van der Waals surface area contributed by atoms with E-state index in [1.54, 1.807) is 0 Å². The van der Waals surface area contributed by atoms with Crippen LogP contribution in [-0.2, 0) is 10.8 Å². The summed E-state index contributed by atoms with van der Waals surface area (Å²) in [6.45, 7) is 9.09. The van der Waals surface area contributed by atoms with E-state index in [0.717, 1.165) is 45.3 Å². The fraction of sp³-hybridized carbons (Fsp3) is 0.158. The number of nitrogens with zero attached hydrogens (tertiary/aromatic N) is 4. The average Bonchev–Trinajstić information content (AvgIpc) is 3.40. The van der Waals surface area contributed by atoms with Crippen molar-refractivity contribution in [1.29, 1.82) is 0 Å². The molecule has 6 aromatic rings. The number of benzene rings is 2. The van der Waals surface area contributed by atoms with Crippen molar-refractivity contribution in [2.75, 3.05) is 0 Å². The van der Waals surface area contributed by atoms with Crippen molar-refractivity contribution >= 4 is 0 Å². The molecule has 0 unspecified atom stereocenters. The Balaban J connectivity index is 1.17. The van der Waals surface area contributed by atoms with Crippen LogP contribution in [0.4, 0.5) is 0 Å². The number of aromatic nitrogens is 4. The van der Waals surface area contributed by atoms with Crippen molar-refractivity contribution in [3.8, 4) is 56.4 Å². The molecule has 42 heavy (non-hydrogen) atoms. The lowest BCUT2D eigenvalue weighted by atomic mass is 9.82. The van der Waals surface area contributed by atoms with Gasteiger partial charge >= 0.3 is 0 Å². The largest absolute Gasteiger partial charge is 0.256 e. The Hall–Kier alpha value is -4.96. The maximum atomic E-state index is 5.08. The van der Waals surface area contributed by atoms with Gasteiger partial charge in [-0.15, -0.1) is 0 Å². The zero-order chi connectivity index (χ0) is 28.6. The van der Waals surface area contributed by atoms with E-state index in [0.29, 0.717) is 0 Å².